The van der Waals surface area contributed by atoms with E-state index in [2.05, 4.69) is 52.8 Å². The molecule has 0 aliphatic heterocycles. The number of hydrogen-bond donors (Lipinski definition) is 0. The van der Waals surface area contributed by atoms with Gasteiger partial charge in [-0.1, -0.05) is 66.0 Å². The quantitative estimate of drug-likeness (QED) is 0.485. The minimum Gasteiger partial charge on any atom is -0.295 e. The Labute approximate surface area is 173 Å². The number of fused-ring (bicyclic) bond motifs is 5. The summed E-state index contributed by atoms with van der Waals surface area (Å²) >= 11 is 0. The van der Waals surface area contributed by atoms with Crippen molar-refractivity contribution in [2.45, 2.75) is 92.4 Å². The lowest BCUT2D eigenvalue weighted by molar-refractivity contribution is -0.133. The molecule has 0 aromatic rings. The molecule has 0 amide bonds. The molecular formula is C27H42O. The number of rotatable bonds is 5. The standard InChI is InChI=1S/C27H42O/c1-18(2)9-8-10-19(3)21-12-13-22-25-23(14-16-27(21,22)5)26(4)15-7-6-11-20(26)17-24(25)28/h6,11,17-19,21-23,25H,7-10,12-16H2,1-5H3/t19?,21-,22+,23+,25+,26+,27-/m1/s1. The molecule has 0 N–H and O–H groups in total. The molecule has 7 atom stereocenters. The van der Waals surface area contributed by atoms with Crippen molar-refractivity contribution >= 4 is 5.78 Å². The highest BCUT2D eigenvalue weighted by atomic mass is 16.1. The van der Waals surface area contributed by atoms with Gasteiger partial charge in [0.05, 0.1) is 0 Å². The molecule has 1 unspecified atom stereocenters. The molecule has 4 aliphatic rings. The Bertz CT molecular complexity index is 670. The first-order chi connectivity index (χ1) is 13.3. The van der Waals surface area contributed by atoms with Crippen molar-refractivity contribution in [3.63, 3.8) is 0 Å². The van der Waals surface area contributed by atoms with Gasteiger partial charge < -0.3 is 0 Å². The van der Waals surface area contributed by atoms with Crippen LogP contribution in [0.3, 0.4) is 0 Å². The van der Waals surface area contributed by atoms with Crippen molar-refractivity contribution in [3.8, 4) is 0 Å². The van der Waals surface area contributed by atoms with Crippen molar-refractivity contribution in [3.05, 3.63) is 23.8 Å². The van der Waals surface area contributed by atoms with Gasteiger partial charge in [0.15, 0.2) is 5.78 Å². The lowest BCUT2D eigenvalue weighted by Crippen LogP contribution is -2.52. The van der Waals surface area contributed by atoms with Gasteiger partial charge >= 0.3 is 0 Å². The van der Waals surface area contributed by atoms with Gasteiger partial charge in [-0.25, -0.2) is 0 Å². The van der Waals surface area contributed by atoms with Crippen molar-refractivity contribution in [1.29, 1.82) is 0 Å². The van der Waals surface area contributed by atoms with Crippen molar-refractivity contribution in [1.82, 2.24) is 0 Å². The van der Waals surface area contributed by atoms with E-state index in [0.29, 0.717) is 29.0 Å². The fraction of sp³-hybridized carbons (Fsp3) is 0.815. The maximum absolute atomic E-state index is 13.3. The number of carbonyl (C=O) groups excluding carboxylic acids is 1. The summed E-state index contributed by atoms with van der Waals surface area (Å²) in [7, 11) is 0. The largest absolute Gasteiger partial charge is 0.295 e. The second-order valence-electron chi connectivity index (χ2n) is 11.6. The second kappa shape index (κ2) is 7.44. The van der Waals surface area contributed by atoms with Crippen LogP contribution in [0.25, 0.3) is 0 Å². The molecule has 4 aliphatic carbocycles. The Morgan fingerprint density at radius 1 is 1.04 bits per heavy atom. The zero-order valence-electron chi connectivity index (χ0n) is 19.0. The van der Waals surface area contributed by atoms with E-state index in [1.165, 1.54) is 63.4 Å². The Hall–Kier alpha value is -0.850. The van der Waals surface area contributed by atoms with Gasteiger partial charge in [-0.3, -0.25) is 4.79 Å². The maximum Gasteiger partial charge on any atom is 0.159 e. The van der Waals surface area contributed by atoms with E-state index in [-0.39, 0.29) is 5.41 Å². The number of carbonyl (C=O) groups is 1. The minimum atomic E-state index is 0.246. The van der Waals surface area contributed by atoms with E-state index in [1.807, 2.05) is 0 Å². The summed E-state index contributed by atoms with van der Waals surface area (Å²) in [5.74, 6) is 4.42. The van der Waals surface area contributed by atoms with Gasteiger partial charge in [0, 0.05) is 5.92 Å². The molecule has 0 aromatic carbocycles. The second-order valence-corrected chi connectivity index (χ2v) is 11.6. The van der Waals surface area contributed by atoms with Crippen molar-refractivity contribution in [2.75, 3.05) is 0 Å². The third kappa shape index (κ3) is 3.16. The van der Waals surface area contributed by atoms with Gasteiger partial charge in [-0.15, -0.1) is 0 Å². The summed E-state index contributed by atoms with van der Waals surface area (Å²) < 4.78 is 0. The van der Waals surface area contributed by atoms with Crippen molar-refractivity contribution < 1.29 is 4.79 Å². The molecule has 0 aromatic heterocycles. The molecule has 2 saturated carbocycles. The molecule has 2 fully saturated rings. The normalized spacial score (nSPS) is 43.4. The summed E-state index contributed by atoms with van der Waals surface area (Å²) in [4.78, 5) is 13.3. The summed E-state index contributed by atoms with van der Waals surface area (Å²) in [5, 5.41) is 0. The maximum atomic E-state index is 13.3. The van der Waals surface area contributed by atoms with Crippen LogP contribution in [0.2, 0.25) is 0 Å². The van der Waals surface area contributed by atoms with E-state index in [4.69, 9.17) is 0 Å². The van der Waals surface area contributed by atoms with Crippen LogP contribution >= 0.6 is 0 Å². The molecule has 1 nitrogen and oxygen atoms in total. The smallest absolute Gasteiger partial charge is 0.159 e. The van der Waals surface area contributed by atoms with Crippen LogP contribution in [0, 0.1) is 46.3 Å². The van der Waals surface area contributed by atoms with Gasteiger partial charge in [0.2, 0.25) is 0 Å². The molecule has 4 rings (SSSR count). The highest BCUT2D eigenvalue weighted by molar-refractivity contribution is 5.95. The minimum absolute atomic E-state index is 0.246. The first-order valence-electron chi connectivity index (χ1n) is 12.2. The molecule has 0 bridgehead atoms. The number of ketones is 1. The first-order valence-corrected chi connectivity index (χ1v) is 12.2. The average Bonchev–Trinajstić information content (AvgIpc) is 2.99. The van der Waals surface area contributed by atoms with Gasteiger partial charge in [0.1, 0.15) is 0 Å². The molecule has 0 spiro atoms. The van der Waals surface area contributed by atoms with Gasteiger partial charge in [-0.05, 0) is 90.6 Å². The van der Waals surface area contributed by atoms with Crippen LogP contribution in [0.15, 0.2) is 23.8 Å². The summed E-state index contributed by atoms with van der Waals surface area (Å²) in [6.45, 7) is 12.2. The first kappa shape index (κ1) is 20.4. The number of allylic oxidation sites excluding steroid dienone is 4. The molecular weight excluding hydrogens is 340 g/mol. The average molecular weight is 383 g/mol. The van der Waals surface area contributed by atoms with E-state index >= 15 is 0 Å². The zero-order valence-corrected chi connectivity index (χ0v) is 19.0. The Balaban J connectivity index is 1.55. The molecule has 156 valence electrons. The topological polar surface area (TPSA) is 17.1 Å². The Morgan fingerprint density at radius 3 is 2.57 bits per heavy atom. The predicted molar refractivity (Wildman–Crippen MR) is 118 cm³/mol. The summed E-state index contributed by atoms with van der Waals surface area (Å²) in [6.07, 6.45) is 18.4. The van der Waals surface area contributed by atoms with Gasteiger partial charge in [0.25, 0.3) is 0 Å². The van der Waals surface area contributed by atoms with E-state index in [1.54, 1.807) is 0 Å². The zero-order chi connectivity index (χ0) is 20.1. The highest BCUT2D eigenvalue weighted by Gasteiger charge is 2.60. The molecule has 0 radical (unpaired) electrons. The SMILES string of the molecule is CC(C)CCCC(C)[C@H]1CC[C@H]2[C@@H]3C(=O)C=C4C=CCC[C@]4(C)[C@H]3CC[C@]12C. The molecule has 1 heteroatoms. The molecule has 28 heavy (non-hydrogen) atoms. The summed E-state index contributed by atoms with van der Waals surface area (Å²) in [5.41, 5.74) is 1.97. The van der Waals surface area contributed by atoms with Crippen LogP contribution in [0.4, 0.5) is 0 Å². The monoisotopic (exact) mass is 382 g/mol. The third-order valence-electron chi connectivity index (χ3n) is 9.70. The predicted octanol–water partition coefficient (Wildman–Crippen LogP) is 7.37. The fourth-order valence-corrected chi connectivity index (χ4v) is 8.07. The lowest BCUT2D eigenvalue weighted by Gasteiger charge is -2.56. The van der Waals surface area contributed by atoms with Crippen LogP contribution in [0.1, 0.15) is 92.4 Å². The number of hydrogen-bond acceptors (Lipinski definition) is 1. The van der Waals surface area contributed by atoms with Crippen LogP contribution in [-0.4, -0.2) is 5.78 Å². The Morgan fingerprint density at radius 2 is 1.82 bits per heavy atom. The van der Waals surface area contributed by atoms with Crippen molar-refractivity contribution in [2.24, 2.45) is 46.3 Å². The van der Waals surface area contributed by atoms with Crippen LogP contribution < -0.4 is 0 Å². The van der Waals surface area contributed by atoms with Crippen LogP contribution in [0.5, 0.6) is 0 Å². The highest BCUT2D eigenvalue weighted by Crippen LogP contribution is 2.66. The third-order valence-corrected chi connectivity index (χ3v) is 9.70. The Kier molecular flexibility index (Phi) is 5.43. The molecule has 0 heterocycles. The fourth-order valence-electron chi connectivity index (χ4n) is 8.07. The molecule has 0 saturated heterocycles. The summed E-state index contributed by atoms with van der Waals surface area (Å²) in [6, 6.07) is 0. The van der Waals surface area contributed by atoms with E-state index in [9.17, 15) is 4.79 Å². The van der Waals surface area contributed by atoms with E-state index < -0.39 is 0 Å². The lowest BCUT2D eigenvalue weighted by atomic mass is 9.47. The van der Waals surface area contributed by atoms with E-state index in [0.717, 1.165) is 17.8 Å². The van der Waals surface area contributed by atoms with Crippen LogP contribution in [-0.2, 0) is 4.79 Å². The van der Waals surface area contributed by atoms with Gasteiger partial charge in [-0.2, -0.15) is 0 Å².